The molecule has 1 aliphatic rings. The van der Waals surface area contributed by atoms with Gasteiger partial charge in [0.1, 0.15) is 0 Å². The van der Waals surface area contributed by atoms with Gasteiger partial charge in [-0.05, 0) is 38.4 Å². The SMILES string of the molecule is CC(C)=CCN1CC(CCN)c2ccccc21. The Balaban J connectivity index is 2.19. The number of benzene rings is 1. The van der Waals surface area contributed by atoms with E-state index in [4.69, 9.17) is 5.73 Å². The number of rotatable bonds is 4. The molecule has 2 heteroatoms. The van der Waals surface area contributed by atoms with Crippen molar-refractivity contribution in [2.24, 2.45) is 5.73 Å². The Morgan fingerprint density at radius 2 is 2.18 bits per heavy atom. The summed E-state index contributed by atoms with van der Waals surface area (Å²) in [6.45, 7) is 7.20. The fraction of sp³-hybridized carbons (Fsp3) is 0.467. The summed E-state index contributed by atoms with van der Waals surface area (Å²) in [5.41, 5.74) is 9.95. The van der Waals surface area contributed by atoms with Crippen LogP contribution in [-0.2, 0) is 0 Å². The molecule has 2 N–H and O–H groups in total. The van der Waals surface area contributed by atoms with E-state index in [9.17, 15) is 0 Å². The van der Waals surface area contributed by atoms with Gasteiger partial charge < -0.3 is 10.6 Å². The highest BCUT2D eigenvalue weighted by atomic mass is 15.1. The van der Waals surface area contributed by atoms with Gasteiger partial charge in [0.25, 0.3) is 0 Å². The summed E-state index contributed by atoms with van der Waals surface area (Å²) in [6.07, 6.45) is 3.38. The number of nitrogens with two attached hydrogens (primary N) is 1. The van der Waals surface area contributed by atoms with Gasteiger partial charge >= 0.3 is 0 Å². The summed E-state index contributed by atoms with van der Waals surface area (Å²) in [5, 5.41) is 0. The number of allylic oxidation sites excluding steroid dienone is 1. The summed E-state index contributed by atoms with van der Waals surface area (Å²) < 4.78 is 0. The van der Waals surface area contributed by atoms with E-state index in [-0.39, 0.29) is 0 Å². The molecule has 1 atom stereocenters. The van der Waals surface area contributed by atoms with Gasteiger partial charge in [0.15, 0.2) is 0 Å². The molecule has 1 aliphatic heterocycles. The summed E-state index contributed by atoms with van der Waals surface area (Å²) in [6, 6.07) is 8.73. The standard InChI is InChI=1S/C15H22N2/c1-12(2)8-10-17-11-13(7-9-16)14-5-3-4-6-15(14)17/h3-6,8,13H,7,9-11,16H2,1-2H3. The van der Waals surface area contributed by atoms with Crippen LogP contribution >= 0.6 is 0 Å². The van der Waals surface area contributed by atoms with Crippen molar-refractivity contribution < 1.29 is 0 Å². The Morgan fingerprint density at radius 1 is 1.41 bits per heavy atom. The van der Waals surface area contributed by atoms with Crippen LogP contribution in [0.4, 0.5) is 5.69 Å². The zero-order chi connectivity index (χ0) is 12.3. The van der Waals surface area contributed by atoms with Gasteiger partial charge in [0, 0.05) is 24.7 Å². The van der Waals surface area contributed by atoms with E-state index in [0.29, 0.717) is 5.92 Å². The van der Waals surface area contributed by atoms with Crippen LogP contribution in [0, 0.1) is 0 Å². The van der Waals surface area contributed by atoms with Crippen molar-refractivity contribution in [2.45, 2.75) is 26.2 Å². The molecule has 1 aromatic rings. The molecular weight excluding hydrogens is 208 g/mol. The average molecular weight is 230 g/mol. The number of fused-ring (bicyclic) bond motifs is 1. The molecule has 1 heterocycles. The molecule has 0 saturated carbocycles. The van der Waals surface area contributed by atoms with Gasteiger partial charge in [0.05, 0.1) is 0 Å². The molecule has 0 aromatic heterocycles. The predicted octanol–water partition coefficient (Wildman–Crippen LogP) is 2.91. The van der Waals surface area contributed by atoms with E-state index in [0.717, 1.165) is 26.1 Å². The third kappa shape index (κ3) is 2.70. The third-order valence-corrected chi connectivity index (χ3v) is 3.39. The minimum atomic E-state index is 0.613. The first-order valence-electron chi connectivity index (χ1n) is 6.39. The molecule has 2 rings (SSSR count). The van der Waals surface area contributed by atoms with Gasteiger partial charge in [-0.15, -0.1) is 0 Å². The van der Waals surface area contributed by atoms with Crippen molar-refractivity contribution in [3.05, 3.63) is 41.5 Å². The van der Waals surface area contributed by atoms with E-state index < -0.39 is 0 Å². The average Bonchev–Trinajstić information content (AvgIpc) is 2.66. The molecule has 17 heavy (non-hydrogen) atoms. The van der Waals surface area contributed by atoms with Crippen molar-refractivity contribution in [1.82, 2.24) is 0 Å². The quantitative estimate of drug-likeness (QED) is 0.806. The smallest absolute Gasteiger partial charge is 0.0405 e. The van der Waals surface area contributed by atoms with Crippen LogP contribution in [0.5, 0.6) is 0 Å². The van der Waals surface area contributed by atoms with Crippen LogP contribution in [-0.4, -0.2) is 19.6 Å². The minimum absolute atomic E-state index is 0.613. The third-order valence-electron chi connectivity index (χ3n) is 3.39. The zero-order valence-corrected chi connectivity index (χ0v) is 10.8. The molecule has 0 aliphatic carbocycles. The second-order valence-electron chi connectivity index (χ2n) is 5.02. The normalized spacial score (nSPS) is 18.1. The summed E-state index contributed by atoms with van der Waals surface area (Å²) >= 11 is 0. The first kappa shape index (κ1) is 12.2. The van der Waals surface area contributed by atoms with Crippen molar-refractivity contribution in [2.75, 3.05) is 24.5 Å². The molecule has 1 unspecified atom stereocenters. The van der Waals surface area contributed by atoms with Crippen LogP contribution in [0.2, 0.25) is 0 Å². The molecular formula is C15H22N2. The molecule has 92 valence electrons. The lowest BCUT2D eigenvalue weighted by atomic mass is 9.98. The summed E-state index contributed by atoms with van der Waals surface area (Å²) in [5.74, 6) is 0.613. The van der Waals surface area contributed by atoms with E-state index >= 15 is 0 Å². The Labute approximate surface area is 104 Å². The lowest BCUT2D eigenvalue weighted by molar-refractivity contribution is 0.655. The van der Waals surface area contributed by atoms with Crippen LogP contribution in [0.15, 0.2) is 35.9 Å². The van der Waals surface area contributed by atoms with Gasteiger partial charge in [-0.3, -0.25) is 0 Å². The topological polar surface area (TPSA) is 29.3 Å². The molecule has 0 fully saturated rings. The summed E-state index contributed by atoms with van der Waals surface area (Å²) in [4.78, 5) is 2.46. The second-order valence-corrected chi connectivity index (χ2v) is 5.02. The van der Waals surface area contributed by atoms with E-state index in [1.165, 1.54) is 16.8 Å². The molecule has 0 bridgehead atoms. The molecule has 0 saturated heterocycles. The first-order chi connectivity index (χ1) is 8.22. The highest BCUT2D eigenvalue weighted by molar-refractivity contribution is 5.60. The maximum Gasteiger partial charge on any atom is 0.0405 e. The van der Waals surface area contributed by atoms with E-state index in [1.807, 2.05) is 0 Å². The molecule has 0 radical (unpaired) electrons. The number of hydrogen-bond acceptors (Lipinski definition) is 2. The largest absolute Gasteiger partial charge is 0.367 e. The van der Waals surface area contributed by atoms with Gasteiger partial charge in [-0.2, -0.15) is 0 Å². The predicted molar refractivity (Wildman–Crippen MR) is 74.5 cm³/mol. The molecule has 0 spiro atoms. The lowest BCUT2D eigenvalue weighted by Crippen LogP contribution is -2.22. The van der Waals surface area contributed by atoms with Crippen molar-refractivity contribution in [3.8, 4) is 0 Å². The molecule has 1 aromatic carbocycles. The maximum absolute atomic E-state index is 5.70. The van der Waals surface area contributed by atoms with Crippen molar-refractivity contribution in [1.29, 1.82) is 0 Å². The number of nitrogens with zero attached hydrogens (tertiary/aromatic N) is 1. The van der Waals surface area contributed by atoms with Crippen molar-refractivity contribution in [3.63, 3.8) is 0 Å². The Morgan fingerprint density at radius 3 is 2.88 bits per heavy atom. The van der Waals surface area contributed by atoms with Crippen molar-refractivity contribution >= 4 is 5.69 Å². The first-order valence-corrected chi connectivity index (χ1v) is 6.39. The Kier molecular flexibility index (Phi) is 3.85. The zero-order valence-electron chi connectivity index (χ0n) is 10.8. The second kappa shape index (κ2) is 5.37. The Bertz CT molecular complexity index is 405. The lowest BCUT2D eigenvalue weighted by Gasteiger charge is -2.18. The summed E-state index contributed by atoms with van der Waals surface area (Å²) in [7, 11) is 0. The van der Waals surface area contributed by atoms with E-state index in [1.54, 1.807) is 0 Å². The van der Waals surface area contributed by atoms with Gasteiger partial charge in [0.2, 0.25) is 0 Å². The minimum Gasteiger partial charge on any atom is -0.367 e. The number of anilines is 1. The van der Waals surface area contributed by atoms with Gasteiger partial charge in [-0.25, -0.2) is 0 Å². The molecule has 2 nitrogen and oxygen atoms in total. The maximum atomic E-state index is 5.70. The fourth-order valence-corrected chi connectivity index (χ4v) is 2.50. The Hall–Kier alpha value is -1.28. The number of hydrogen-bond donors (Lipinski definition) is 1. The highest BCUT2D eigenvalue weighted by Crippen LogP contribution is 2.37. The fourth-order valence-electron chi connectivity index (χ4n) is 2.50. The molecule has 0 amide bonds. The van der Waals surface area contributed by atoms with Crippen LogP contribution in [0.1, 0.15) is 31.7 Å². The monoisotopic (exact) mass is 230 g/mol. The van der Waals surface area contributed by atoms with Crippen LogP contribution in [0.25, 0.3) is 0 Å². The van der Waals surface area contributed by atoms with Crippen LogP contribution in [0.3, 0.4) is 0 Å². The number of para-hydroxylation sites is 1. The highest BCUT2D eigenvalue weighted by Gasteiger charge is 2.26. The van der Waals surface area contributed by atoms with Gasteiger partial charge in [-0.1, -0.05) is 29.8 Å². The van der Waals surface area contributed by atoms with Crippen LogP contribution < -0.4 is 10.6 Å². The van der Waals surface area contributed by atoms with E-state index in [2.05, 4.69) is 49.1 Å².